The van der Waals surface area contributed by atoms with Crippen molar-refractivity contribution in [2.24, 2.45) is 10.8 Å². The van der Waals surface area contributed by atoms with Crippen LogP contribution in [0, 0.1) is 10.8 Å². The first-order valence-corrected chi connectivity index (χ1v) is 8.76. The van der Waals surface area contributed by atoms with E-state index >= 15 is 0 Å². The molecule has 0 bridgehead atoms. The van der Waals surface area contributed by atoms with E-state index in [1.807, 2.05) is 59.7 Å². The summed E-state index contributed by atoms with van der Waals surface area (Å²) in [6, 6.07) is 0. The molecule has 0 aliphatic carbocycles. The smallest absolute Gasteiger partial charge is 0.330 e. The van der Waals surface area contributed by atoms with E-state index < -0.39 is 5.60 Å². The lowest BCUT2D eigenvalue weighted by molar-refractivity contribution is -0.160. The zero-order valence-corrected chi connectivity index (χ0v) is 18.2. The molecule has 0 fully saturated rings. The number of carbonyl (C=O) groups excluding carboxylic acids is 2. The molecule has 0 aliphatic rings. The minimum Gasteiger partial charge on any atom is -0.456 e. The van der Waals surface area contributed by atoms with Gasteiger partial charge in [0.05, 0.1) is 0 Å². The third kappa shape index (κ3) is 12.6. The average Bonchev–Trinajstić information content (AvgIpc) is 2.35. The Hall–Kier alpha value is -1.42. The standard InChI is InChI=1S/C11H20O2.C10H19NO/c1-7-8-9(12)13-11(5,6)10(2,3)4;1-10(2,3)9(12)7-6-8-11(4)5/h7-8H,1-6H3;6-7H,8H2,1-5H3/b8-7+;7-6+. The number of allylic oxidation sites excluding steroid dienone is 2. The Bertz CT molecular complexity index is 472. The molecule has 0 aliphatic heterocycles. The first-order chi connectivity index (χ1) is 11.0. The Balaban J connectivity index is 0. The molecule has 0 aromatic heterocycles. The lowest BCUT2D eigenvalue weighted by Gasteiger charge is -2.37. The molecule has 0 radical (unpaired) electrons. The minimum atomic E-state index is -0.441. The number of hydrogen-bond acceptors (Lipinski definition) is 4. The van der Waals surface area contributed by atoms with Crippen LogP contribution < -0.4 is 0 Å². The van der Waals surface area contributed by atoms with Crippen molar-refractivity contribution in [1.82, 2.24) is 4.90 Å². The van der Waals surface area contributed by atoms with Crippen LogP contribution in [-0.2, 0) is 14.3 Å². The molecule has 0 aromatic carbocycles. The Morgan fingerprint density at radius 2 is 1.40 bits per heavy atom. The largest absolute Gasteiger partial charge is 0.456 e. The molecule has 0 unspecified atom stereocenters. The second-order valence-electron chi connectivity index (χ2n) is 8.96. The molecule has 0 N–H and O–H groups in total. The van der Waals surface area contributed by atoms with Crippen LogP contribution in [0.3, 0.4) is 0 Å². The van der Waals surface area contributed by atoms with Crippen molar-refractivity contribution in [2.75, 3.05) is 20.6 Å². The number of nitrogens with zero attached hydrogens (tertiary/aromatic N) is 1. The topological polar surface area (TPSA) is 46.6 Å². The summed E-state index contributed by atoms with van der Waals surface area (Å²) in [4.78, 5) is 24.6. The predicted molar refractivity (Wildman–Crippen MR) is 107 cm³/mol. The summed E-state index contributed by atoms with van der Waals surface area (Å²) in [5.74, 6) is -0.0909. The normalized spacial score (nSPS) is 13.1. The molecule has 25 heavy (non-hydrogen) atoms. The van der Waals surface area contributed by atoms with E-state index in [4.69, 9.17) is 4.74 Å². The molecule has 4 nitrogen and oxygen atoms in total. The SMILES string of the molecule is C/C=C/C(=O)OC(C)(C)C(C)(C)C.CN(C)C/C=C/C(=O)C(C)(C)C. The molecule has 4 heteroatoms. The molecule has 0 amide bonds. The first kappa shape index (κ1) is 25.8. The molecule has 0 heterocycles. The minimum absolute atomic E-state index is 0.0513. The number of ketones is 1. The molecule has 0 rings (SSSR count). The Kier molecular flexibility index (Phi) is 10.9. The van der Waals surface area contributed by atoms with Gasteiger partial charge in [0.15, 0.2) is 5.78 Å². The van der Waals surface area contributed by atoms with Crippen molar-refractivity contribution in [3.8, 4) is 0 Å². The second kappa shape index (κ2) is 10.5. The van der Waals surface area contributed by atoms with Crippen LogP contribution in [0.25, 0.3) is 0 Å². The number of ether oxygens (including phenoxy) is 1. The van der Waals surface area contributed by atoms with Crippen LogP contribution in [0.15, 0.2) is 24.3 Å². The number of carbonyl (C=O) groups is 2. The van der Waals surface area contributed by atoms with Crippen molar-refractivity contribution in [3.05, 3.63) is 24.3 Å². The van der Waals surface area contributed by atoms with E-state index in [2.05, 4.69) is 20.8 Å². The first-order valence-electron chi connectivity index (χ1n) is 8.76. The van der Waals surface area contributed by atoms with Crippen LogP contribution >= 0.6 is 0 Å². The highest BCUT2D eigenvalue weighted by atomic mass is 16.6. The number of likely N-dealkylation sites (N-methyl/N-ethyl adjacent to an activating group) is 1. The summed E-state index contributed by atoms with van der Waals surface area (Å²) in [5.41, 5.74) is -0.739. The molecule has 146 valence electrons. The Morgan fingerprint density at radius 1 is 0.920 bits per heavy atom. The fraction of sp³-hybridized carbons (Fsp3) is 0.714. The van der Waals surface area contributed by atoms with Crippen LogP contribution in [0.2, 0.25) is 0 Å². The fourth-order valence-electron chi connectivity index (χ4n) is 1.20. The van der Waals surface area contributed by atoms with Gasteiger partial charge in [-0.1, -0.05) is 53.7 Å². The highest BCUT2D eigenvalue weighted by Crippen LogP contribution is 2.32. The fourth-order valence-corrected chi connectivity index (χ4v) is 1.20. The summed E-state index contributed by atoms with van der Waals surface area (Å²) in [6.45, 7) is 18.4. The number of rotatable bonds is 5. The van der Waals surface area contributed by atoms with Gasteiger partial charge < -0.3 is 9.64 Å². The van der Waals surface area contributed by atoms with Crippen LogP contribution in [0.5, 0.6) is 0 Å². The van der Waals surface area contributed by atoms with Crippen LogP contribution in [0.1, 0.15) is 62.3 Å². The van der Waals surface area contributed by atoms with Gasteiger partial charge in [0.25, 0.3) is 0 Å². The van der Waals surface area contributed by atoms with Crippen LogP contribution in [-0.4, -0.2) is 42.9 Å². The van der Waals surface area contributed by atoms with Gasteiger partial charge in [0.1, 0.15) is 5.60 Å². The van der Waals surface area contributed by atoms with E-state index in [0.29, 0.717) is 0 Å². The maximum Gasteiger partial charge on any atom is 0.330 e. The van der Waals surface area contributed by atoms with Gasteiger partial charge in [0, 0.05) is 23.5 Å². The predicted octanol–water partition coefficient (Wildman–Crippen LogP) is 4.65. The van der Waals surface area contributed by atoms with E-state index in [0.717, 1.165) is 6.54 Å². The molecule has 0 saturated heterocycles. The van der Waals surface area contributed by atoms with E-state index in [1.165, 1.54) is 6.08 Å². The number of esters is 1. The molecule has 0 atom stereocenters. The van der Waals surface area contributed by atoms with Gasteiger partial charge in [-0.2, -0.15) is 0 Å². The van der Waals surface area contributed by atoms with Gasteiger partial charge in [0.2, 0.25) is 0 Å². The molecular weight excluding hydrogens is 314 g/mol. The van der Waals surface area contributed by atoms with Crippen LogP contribution in [0.4, 0.5) is 0 Å². The van der Waals surface area contributed by atoms with Crippen molar-refractivity contribution >= 4 is 11.8 Å². The monoisotopic (exact) mass is 353 g/mol. The van der Waals surface area contributed by atoms with Gasteiger partial charge in [-0.05, 0) is 40.9 Å². The van der Waals surface area contributed by atoms with Gasteiger partial charge in [-0.15, -0.1) is 0 Å². The Labute approximate surface area is 155 Å². The zero-order valence-electron chi connectivity index (χ0n) is 18.2. The summed E-state index contributed by atoms with van der Waals surface area (Å²) in [5, 5.41) is 0. The lowest BCUT2D eigenvalue weighted by Crippen LogP contribution is -2.40. The Morgan fingerprint density at radius 3 is 1.72 bits per heavy atom. The summed E-state index contributed by atoms with van der Waals surface area (Å²) >= 11 is 0. The zero-order chi connectivity index (χ0) is 20.5. The molecular formula is C21H39NO3. The third-order valence-corrected chi connectivity index (χ3v) is 3.94. The average molecular weight is 354 g/mol. The van der Waals surface area contributed by atoms with Gasteiger partial charge in [-0.25, -0.2) is 4.79 Å². The van der Waals surface area contributed by atoms with Crippen molar-refractivity contribution in [1.29, 1.82) is 0 Å². The molecule has 0 aromatic rings. The van der Waals surface area contributed by atoms with E-state index in [1.54, 1.807) is 19.1 Å². The lowest BCUT2D eigenvalue weighted by atomic mass is 9.79. The maximum atomic E-state index is 11.3. The highest BCUT2D eigenvalue weighted by molar-refractivity contribution is 5.93. The van der Waals surface area contributed by atoms with Gasteiger partial charge in [-0.3, -0.25) is 4.79 Å². The molecule has 0 spiro atoms. The quantitative estimate of drug-likeness (QED) is 0.533. The van der Waals surface area contributed by atoms with Crippen molar-refractivity contribution in [3.63, 3.8) is 0 Å². The summed E-state index contributed by atoms with van der Waals surface area (Å²) in [7, 11) is 3.96. The van der Waals surface area contributed by atoms with Crippen molar-refractivity contribution in [2.45, 2.75) is 67.9 Å². The van der Waals surface area contributed by atoms with Gasteiger partial charge >= 0.3 is 5.97 Å². The molecule has 0 saturated carbocycles. The van der Waals surface area contributed by atoms with Crippen molar-refractivity contribution < 1.29 is 14.3 Å². The summed E-state index contributed by atoms with van der Waals surface area (Å²) < 4.78 is 5.32. The maximum absolute atomic E-state index is 11.3. The van der Waals surface area contributed by atoms with E-state index in [-0.39, 0.29) is 22.6 Å². The number of hydrogen-bond donors (Lipinski definition) is 0. The second-order valence-corrected chi connectivity index (χ2v) is 8.96. The summed E-state index contributed by atoms with van der Waals surface area (Å²) in [6.07, 6.45) is 6.68. The third-order valence-electron chi connectivity index (χ3n) is 3.94. The van der Waals surface area contributed by atoms with E-state index in [9.17, 15) is 9.59 Å². The highest BCUT2D eigenvalue weighted by Gasteiger charge is 2.35.